The normalized spacial score (nSPS) is 11.1. The van der Waals surface area contributed by atoms with E-state index in [1.807, 2.05) is 58.4 Å². The van der Waals surface area contributed by atoms with Gasteiger partial charge in [-0.15, -0.1) is 0 Å². The zero-order valence-corrected chi connectivity index (χ0v) is 14.8. The van der Waals surface area contributed by atoms with Gasteiger partial charge in [-0.3, -0.25) is 14.0 Å². The highest BCUT2D eigenvalue weighted by Crippen LogP contribution is 2.24. The van der Waals surface area contributed by atoms with E-state index in [9.17, 15) is 4.79 Å². The molecule has 3 aromatic heterocycles. The third-order valence-electron chi connectivity index (χ3n) is 4.27. The average Bonchev–Trinajstić information content (AvgIpc) is 3.12. The Labute approximate surface area is 140 Å². The van der Waals surface area contributed by atoms with Crippen LogP contribution in [0.25, 0.3) is 5.82 Å². The van der Waals surface area contributed by atoms with Gasteiger partial charge in [0, 0.05) is 24.5 Å². The van der Waals surface area contributed by atoms with Crippen LogP contribution in [-0.2, 0) is 7.05 Å². The molecular formula is C17H21N5O2. The van der Waals surface area contributed by atoms with Crippen molar-refractivity contribution in [3.05, 3.63) is 46.2 Å². The SMILES string of the molecule is Cc1cc(-n2c(C)cc(C(=O)Nc3c(C)nn(C)c3C)c2C)no1. The first kappa shape index (κ1) is 16.0. The van der Waals surface area contributed by atoms with Crippen molar-refractivity contribution in [2.24, 2.45) is 7.05 Å². The minimum absolute atomic E-state index is 0.159. The average molecular weight is 327 g/mol. The second-order valence-corrected chi connectivity index (χ2v) is 6.04. The number of rotatable bonds is 3. The molecule has 0 spiro atoms. The van der Waals surface area contributed by atoms with Crippen molar-refractivity contribution in [2.45, 2.75) is 34.6 Å². The molecular weight excluding hydrogens is 306 g/mol. The van der Waals surface area contributed by atoms with Gasteiger partial charge in [0.15, 0.2) is 5.82 Å². The first-order chi connectivity index (χ1) is 11.3. The van der Waals surface area contributed by atoms with Crippen LogP contribution in [0.1, 0.15) is 38.9 Å². The van der Waals surface area contributed by atoms with Gasteiger partial charge in [-0.25, -0.2) is 0 Å². The zero-order valence-electron chi connectivity index (χ0n) is 14.8. The van der Waals surface area contributed by atoms with E-state index >= 15 is 0 Å². The summed E-state index contributed by atoms with van der Waals surface area (Å²) < 4.78 is 8.81. The Morgan fingerprint density at radius 2 is 1.83 bits per heavy atom. The van der Waals surface area contributed by atoms with Gasteiger partial charge in [0.1, 0.15) is 5.76 Å². The van der Waals surface area contributed by atoms with E-state index in [1.54, 1.807) is 4.68 Å². The van der Waals surface area contributed by atoms with Gasteiger partial charge in [0.25, 0.3) is 5.91 Å². The number of anilines is 1. The van der Waals surface area contributed by atoms with E-state index < -0.39 is 0 Å². The van der Waals surface area contributed by atoms with Crippen LogP contribution in [0.5, 0.6) is 0 Å². The Morgan fingerprint density at radius 3 is 2.38 bits per heavy atom. The molecule has 0 fully saturated rings. The molecule has 0 aromatic carbocycles. The van der Waals surface area contributed by atoms with Crippen LogP contribution in [0.3, 0.4) is 0 Å². The number of aromatic nitrogens is 4. The van der Waals surface area contributed by atoms with Crippen LogP contribution >= 0.6 is 0 Å². The Morgan fingerprint density at radius 1 is 1.12 bits per heavy atom. The maximum absolute atomic E-state index is 12.7. The quantitative estimate of drug-likeness (QED) is 0.802. The Balaban J connectivity index is 1.97. The molecule has 0 aliphatic carbocycles. The fourth-order valence-corrected chi connectivity index (χ4v) is 2.94. The number of carbonyl (C=O) groups is 1. The lowest BCUT2D eigenvalue weighted by Gasteiger charge is -2.07. The second-order valence-electron chi connectivity index (χ2n) is 6.04. The monoisotopic (exact) mass is 327 g/mol. The number of hydrogen-bond acceptors (Lipinski definition) is 4. The largest absolute Gasteiger partial charge is 0.360 e. The van der Waals surface area contributed by atoms with Crippen molar-refractivity contribution in [2.75, 3.05) is 5.32 Å². The van der Waals surface area contributed by atoms with Crippen LogP contribution in [0.2, 0.25) is 0 Å². The van der Waals surface area contributed by atoms with Crippen LogP contribution in [0.4, 0.5) is 5.69 Å². The molecule has 1 amide bonds. The maximum Gasteiger partial charge on any atom is 0.257 e. The molecule has 0 atom stereocenters. The number of nitrogens with zero attached hydrogens (tertiary/aromatic N) is 4. The Kier molecular flexibility index (Phi) is 3.79. The van der Waals surface area contributed by atoms with Gasteiger partial charge >= 0.3 is 0 Å². The summed E-state index contributed by atoms with van der Waals surface area (Å²) >= 11 is 0. The van der Waals surface area contributed by atoms with E-state index in [2.05, 4.69) is 15.6 Å². The lowest BCUT2D eigenvalue weighted by atomic mass is 10.2. The van der Waals surface area contributed by atoms with Gasteiger partial charge < -0.3 is 9.84 Å². The molecule has 3 aromatic rings. The van der Waals surface area contributed by atoms with Crippen molar-refractivity contribution >= 4 is 11.6 Å². The smallest absolute Gasteiger partial charge is 0.257 e. The number of amides is 1. The van der Waals surface area contributed by atoms with Crippen molar-refractivity contribution in [3.63, 3.8) is 0 Å². The minimum Gasteiger partial charge on any atom is -0.360 e. The van der Waals surface area contributed by atoms with Gasteiger partial charge in [-0.2, -0.15) is 5.10 Å². The van der Waals surface area contributed by atoms with E-state index in [1.165, 1.54) is 0 Å². The molecule has 3 heterocycles. The van der Waals surface area contributed by atoms with E-state index in [-0.39, 0.29) is 5.91 Å². The molecule has 0 aliphatic rings. The van der Waals surface area contributed by atoms with Gasteiger partial charge in [0.2, 0.25) is 0 Å². The fraction of sp³-hybridized carbons (Fsp3) is 0.353. The molecule has 0 aliphatic heterocycles. The lowest BCUT2D eigenvalue weighted by Crippen LogP contribution is -2.14. The molecule has 0 bridgehead atoms. The molecule has 0 saturated carbocycles. The molecule has 7 nitrogen and oxygen atoms in total. The summed E-state index contributed by atoms with van der Waals surface area (Å²) in [4.78, 5) is 12.7. The van der Waals surface area contributed by atoms with E-state index in [4.69, 9.17) is 4.52 Å². The molecule has 3 rings (SSSR count). The van der Waals surface area contributed by atoms with Gasteiger partial charge in [-0.1, -0.05) is 5.16 Å². The topological polar surface area (TPSA) is 77.9 Å². The third kappa shape index (κ3) is 2.51. The highest BCUT2D eigenvalue weighted by Gasteiger charge is 2.20. The second kappa shape index (κ2) is 5.67. The highest BCUT2D eigenvalue weighted by atomic mass is 16.5. The Hall–Kier alpha value is -2.83. The Bertz CT molecular complexity index is 929. The molecule has 0 saturated heterocycles. The van der Waals surface area contributed by atoms with Crippen molar-refractivity contribution in [1.82, 2.24) is 19.5 Å². The van der Waals surface area contributed by atoms with Crippen LogP contribution in [-0.4, -0.2) is 25.4 Å². The molecule has 0 unspecified atom stereocenters. The van der Waals surface area contributed by atoms with E-state index in [0.29, 0.717) is 11.4 Å². The van der Waals surface area contributed by atoms with Crippen molar-refractivity contribution < 1.29 is 9.32 Å². The summed E-state index contributed by atoms with van der Waals surface area (Å²) in [6.07, 6.45) is 0. The highest BCUT2D eigenvalue weighted by molar-refractivity contribution is 6.06. The zero-order chi connectivity index (χ0) is 17.6. The summed E-state index contributed by atoms with van der Waals surface area (Å²) in [6, 6.07) is 3.70. The van der Waals surface area contributed by atoms with Gasteiger partial charge in [0.05, 0.1) is 22.6 Å². The summed E-state index contributed by atoms with van der Waals surface area (Å²) in [6.45, 7) is 9.48. The number of hydrogen-bond donors (Lipinski definition) is 1. The molecule has 126 valence electrons. The predicted octanol–water partition coefficient (Wildman–Crippen LogP) is 2.99. The number of nitrogens with one attached hydrogen (secondary N) is 1. The standard InChI is InChI=1S/C17H21N5O2/c1-9-7-14(12(4)22(9)15-8-10(2)24-20-15)17(23)18-16-11(3)19-21(6)13(16)5/h7-8H,1-6H3,(H,18,23). The first-order valence-electron chi connectivity index (χ1n) is 7.73. The molecule has 7 heteroatoms. The van der Waals surface area contributed by atoms with Crippen LogP contribution < -0.4 is 5.32 Å². The molecule has 1 N–H and O–H groups in total. The summed E-state index contributed by atoms with van der Waals surface area (Å²) in [7, 11) is 1.86. The maximum atomic E-state index is 12.7. The number of carbonyl (C=O) groups excluding carboxylic acids is 1. The van der Waals surface area contributed by atoms with E-state index in [0.717, 1.165) is 34.2 Å². The van der Waals surface area contributed by atoms with Crippen molar-refractivity contribution in [1.29, 1.82) is 0 Å². The minimum atomic E-state index is -0.159. The van der Waals surface area contributed by atoms with Crippen LogP contribution in [0.15, 0.2) is 16.7 Å². The summed E-state index contributed by atoms with van der Waals surface area (Å²) in [5.41, 5.74) is 4.81. The number of aryl methyl sites for hydroxylation is 4. The lowest BCUT2D eigenvalue weighted by molar-refractivity contribution is 0.102. The third-order valence-corrected chi connectivity index (χ3v) is 4.27. The van der Waals surface area contributed by atoms with Gasteiger partial charge in [-0.05, 0) is 40.7 Å². The molecule has 0 radical (unpaired) electrons. The molecule has 24 heavy (non-hydrogen) atoms. The summed E-state index contributed by atoms with van der Waals surface area (Å²) in [5.74, 6) is 1.24. The van der Waals surface area contributed by atoms with Crippen molar-refractivity contribution in [3.8, 4) is 5.82 Å². The van der Waals surface area contributed by atoms with Crippen LogP contribution in [0, 0.1) is 34.6 Å². The predicted molar refractivity (Wildman–Crippen MR) is 90.7 cm³/mol. The first-order valence-corrected chi connectivity index (χ1v) is 7.73. The fourth-order valence-electron chi connectivity index (χ4n) is 2.94. The summed E-state index contributed by atoms with van der Waals surface area (Å²) in [5, 5.41) is 11.3.